The van der Waals surface area contributed by atoms with Crippen molar-refractivity contribution in [3.63, 3.8) is 0 Å². The van der Waals surface area contributed by atoms with Crippen LogP contribution in [0.15, 0.2) is 30.5 Å². The number of alkyl halides is 1. The van der Waals surface area contributed by atoms with Crippen LogP contribution in [-0.2, 0) is 0 Å². The van der Waals surface area contributed by atoms with Crippen molar-refractivity contribution in [1.82, 2.24) is 14.8 Å². The van der Waals surface area contributed by atoms with Gasteiger partial charge in [-0.25, -0.2) is 9.67 Å². The maximum absolute atomic E-state index is 12.0. The average Bonchev–Trinajstić information content (AvgIpc) is 3.04. The van der Waals surface area contributed by atoms with E-state index in [1.165, 1.54) is 11.3 Å². The van der Waals surface area contributed by atoms with E-state index in [2.05, 4.69) is 10.1 Å². The number of ether oxygens (including phenoxy) is 1. The minimum Gasteiger partial charge on any atom is -0.493 e. The van der Waals surface area contributed by atoms with Crippen molar-refractivity contribution in [3.8, 4) is 10.9 Å². The predicted octanol–water partition coefficient (Wildman–Crippen LogP) is 2.80. The molecular weight excluding hydrogens is 279 g/mol. The summed E-state index contributed by atoms with van der Waals surface area (Å²) in [7, 11) is 0. The molecule has 2 aromatic heterocycles. The predicted molar refractivity (Wildman–Crippen MR) is 77.2 cm³/mol. The van der Waals surface area contributed by atoms with Crippen LogP contribution >= 0.6 is 11.3 Å². The quantitative estimate of drug-likeness (QED) is 0.734. The van der Waals surface area contributed by atoms with Crippen LogP contribution in [0.5, 0.6) is 5.75 Å². The van der Waals surface area contributed by atoms with Gasteiger partial charge in [-0.2, -0.15) is 0 Å². The number of hydrogen-bond donors (Lipinski definition) is 1. The second-order valence-corrected chi connectivity index (χ2v) is 5.21. The summed E-state index contributed by atoms with van der Waals surface area (Å²) in [6, 6.07) is 7.34. The molecule has 3 rings (SSSR count). The van der Waals surface area contributed by atoms with Crippen molar-refractivity contribution in [2.24, 2.45) is 0 Å². The lowest BCUT2D eigenvalue weighted by Gasteiger charge is -2.03. The number of halogens is 1. The van der Waals surface area contributed by atoms with Gasteiger partial charge in [0.1, 0.15) is 11.6 Å². The van der Waals surface area contributed by atoms with Gasteiger partial charge in [0, 0.05) is 18.7 Å². The topological polar surface area (TPSA) is 66.0 Å². The minimum absolute atomic E-state index is 0.367. The number of anilines is 1. The first-order valence-corrected chi connectivity index (χ1v) is 6.99. The molecule has 0 saturated heterocycles. The van der Waals surface area contributed by atoms with Gasteiger partial charge in [0.2, 0.25) is 5.13 Å². The molecule has 2 heterocycles. The van der Waals surface area contributed by atoms with Crippen molar-refractivity contribution in [2.75, 3.05) is 19.0 Å². The number of nitrogens with zero attached hydrogens (tertiary/aromatic N) is 3. The fourth-order valence-electron chi connectivity index (χ4n) is 1.77. The number of hydrogen-bond acceptors (Lipinski definition) is 5. The number of aromatic nitrogens is 3. The fourth-order valence-corrected chi connectivity index (χ4v) is 2.70. The molecule has 0 atom stereocenters. The molecule has 0 radical (unpaired) electrons. The van der Waals surface area contributed by atoms with Gasteiger partial charge in [-0.05, 0) is 18.2 Å². The summed E-state index contributed by atoms with van der Waals surface area (Å²) in [6.07, 6.45) is 2.17. The lowest BCUT2D eigenvalue weighted by Crippen LogP contribution is -1.97. The number of nitrogens with two attached hydrogens (primary N) is 1. The van der Waals surface area contributed by atoms with Crippen LogP contribution in [0.1, 0.15) is 6.42 Å². The largest absolute Gasteiger partial charge is 0.493 e. The SMILES string of the molecule is Nc1ccn(-c2nc3ccc(OCCCF)cc3s2)n1. The maximum Gasteiger partial charge on any atom is 0.211 e. The van der Waals surface area contributed by atoms with Crippen LogP contribution in [0.3, 0.4) is 0 Å². The van der Waals surface area contributed by atoms with Gasteiger partial charge in [-0.1, -0.05) is 11.3 Å². The van der Waals surface area contributed by atoms with Gasteiger partial charge in [0.15, 0.2) is 0 Å². The molecule has 5 nitrogen and oxygen atoms in total. The Balaban J connectivity index is 1.87. The van der Waals surface area contributed by atoms with Crippen LogP contribution in [0.4, 0.5) is 10.2 Å². The van der Waals surface area contributed by atoms with Gasteiger partial charge in [-0.15, -0.1) is 5.10 Å². The maximum atomic E-state index is 12.0. The van der Waals surface area contributed by atoms with Crippen molar-refractivity contribution in [2.45, 2.75) is 6.42 Å². The van der Waals surface area contributed by atoms with E-state index >= 15 is 0 Å². The highest BCUT2D eigenvalue weighted by Gasteiger charge is 2.08. The van der Waals surface area contributed by atoms with Crippen LogP contribution < -0.4 is 10.5 Å². The Morgan fingerprint density at radius 1 is 1.35 bits per heavy atom. The minimum atomic E-state index is -0.367. The zero-order valence-electron chi connectivity index (χ0n) is 10.6. The summed E-state index contributed by atoms with van der Waals surface area (Å²) in [5.41, 5.74) is 6.47. The molecule has 0 unspecified atom stereocenters. The van der Waals surface area contributed by atoms with Gasteiger partial charge >= 0.3 is 0 Å². The van der Waals surface area contributed by atoms with Crippen molar-refractivity contribution in [3.05, 3.63) is 30.5 Å². The van der Waals surface area contributed by atoms with Crippen LogP contribution in [-0.4, -0.2) is 28.0 Å². The molecule has 0 aliphatic heterocycles. The summed E-state index contributed by atoms with van der Waals surface area (Å²) in [6.45, 7) is 0.0109. The third-order valence-electron chi connectivity index (χ3n) is 2.70. The highest BCUT2D eigenvalue weighted by molar-refractivity contribution is 7.20. The van der Waals surface area contributed by atoms with Gasteiger partial charge in [0.05, 0.1) is 23.5 Å². The molecule has 0 bridgehead atoms. The Morgan fingerprint density at radius 3 is 3.00 bits per heavy atom. The number of thiazole rings is 1. The highest BCUT2D eigenvalue weighted by atomic mass is 32.1. The summed E-state index contributed by atoms with van der Waals surface area (Å²) in [4.78, 5) is 4.48. The summed E-state index contributed by atoms with van der Waals surface area (Å²) < 4.78 is 20.1. The Hall–Kier alpha value is -2.15. The zero-order valence-corrected chi connectivity index (χ0v) is 11.4. The van der Waals surface area contributed by atoms with E-state index < -0.39 is 0 Å². The molecule has 2 N–H and O–H groups in total. The summed E-state index contributed by atoms with van der Waals surface area (Å²) in [5.74, 6) is 1.18. The second-order valence-electron chi connectivity index (χ2n) is 4.20. The van der Waals surface area contributed by atoms with Crippen molar-refractivity contribution in [1.29, 1.82) is 0 Å². The van der Waals surface area contributed by atoms with E-state index in [4.69, 9.17) is 10.5 Å². The van der Waals surface area contributed by atoms with E-state index in [0.717, 1.165) is 21.1 Å². The Bertz CT molecular complexity index is 724. The molecule has 0 fully saturated rings. The number of rotatable bonds is 5. The molecule has 7 heteroatoms. The second kappa shape index (κ2) is 5.46. The Morgan fingerprint density at radius 2 is 2.25 bits per heavy atom. The smallest absolute Gasteiger partial charge is 0.211 e. The number of benzene rings is 1. The zero-order chi connectivity index (χ0) is 13.9. The molecule has 0 saturated carbocycles. The number of fused-ring (bicyclic) bond motifs is 1. The molecule has 0 aliphatic carbocycles. The molecule has 0 amide bonds. The first-order valence-electron chi connectivity index (χ1n) is 6.17. The third-order valence-corrected chi connectivity index (χ3v) is 3.71. The first kappa shape index (κ1) is 12.9. The fraction of sp³-hybridized carbons (Fsp3) is 0.231. The monoisotopic (exact) mass is 292 g/mol. The molecule has 3 aromatic rings. The summed E-state index contributed by atoms with van der Waals surface area (Å²) >= 11 is 1.50. The number of nitrogen functional groups attached to an aromatic ring is 1. The lowest BCUT2D eigenvalue weighted by molar-refractivity contribution is 0.290. The molecular formula is C13H13FN4OS. The van der Waals surface area contributed by atoms with Crippen LogP contribution in [0.2, 0.25) is 0 Å². The highest BCUT2D eigenvalue weighted by Crippen LogP contribution is 2.28. The molecule has 20 heavy (non-hydrogen) atoms. The van der Waals surface area contributed by atoms with E-state index in [-0.39, 0.29) is 6.67 Å². The standard InChI is InChI=1S/C13H13FN4OS/c14-5-1-7-19-9-2-3-10-11(8-9)20-13(16-10)18-6-4-12(15)17-18/h2-4,6,8H,1,5,7H2,(H2,15,17). The Labute approximate surface area is 118 Å². The van der Waals surface area contributed by atoms with E-state index in [1.54, 1.807) is 16.9 Å². The first-order chi connectivity index (χ1) is 9.76. The normalized spacial score (nSPS) is 11.1. The molecule has 104 valence electrons. The van der Waals surface area contributed by atoms with Crippen LogP contribution in [0, 0.1) is 0 Å². The molecule has 0 spiro atoms. The van der Waals surface area contributed by atoms with Crippen LogP contribution in [0.25, 0.3) is 15.3 Å². The van der Waals surface area contributed by atoms with E-state index in [1.807, 2.05) is 18.2 Å². The van der Waals surface area contributed by atoms with Gasteiger partial charge in [-0.3, -0.25) is 4.39 Å². The molecule has 0 aliphatic rings. The van der Waals surface area contributed by atoms with Crippen molar-refractivity contribution >= 4 is 27.4 Å². The van der Waals surface area contributed by atoms with Gasteiger partial charge < -0.3 is 10.5 Å². The average molecular weight is 292 g/mol. The Kier molecular flexibility index (Phi) is 3.51. The van der Waals surface area contributed by atoms with E-state index in [0.29, 0.717) is 18.8 Å². The summed E-state index contributed by atoms with van der Waals surface area (Å²) in [5, 5.41) is 4.88. The van der Waals surface area contributed by atoms with E-state index in [9.17, 15) is 4.39 Å². The molecule has 1 aromatic carbocycles. The lowest BCUT2D eigenvalue weighted by atomic mass is 10.3. The van der Waals surface area contributed by atoms with Gasteiger partial charge in [0.25, 0.3) is 0 Å². The third kappa shape index (κ3) is 2.57. The van der Waals surface area contributed by atoms with Crippen molar-refractivity contribution < 1.29 is 9.13 Å².